The Morgan fingerprint density at radius 3 is 2.15 bits per heavy atom. The maximum absolute atomic E-state index is 10.6. The number of carbonyl (C=O) groups is 1. The van der Waals surface area contributed by atoms with E-state index in [0.29, 0.717) is 12.1 Å². The van der Waals surface area contributed by atoms with Crippen LogP contribution in [-0.2, 0) is 4.79 Å². The van der Waals surface area contributed by atoms with Gasteiger partial charge < -0.3 is 9.90 Å². The van der Waals surface area contributed by atoms with Crippen molar-refractivity contribution < 1.29 is 9.90 Å². The van der Waals surface area contributed by atoms with E-state index < -0.39 is 5.97 Å². The largest absolute Gasteiger partial charge is 0.550 e. The Balaban J connectivity index is 2.15. The van der Waals surface area contributed by atoms with E-state index in [9.17, 15) is 9.90 Å². The molecule has 0 atom stereocenters. The molecule has 20 heavy (non-hydrogen) atoms. The van der Waals surface area contributed by atoms with Gasteiger partial charge in [0.2, 0.25) is 0 Å². The van der Waals surface area contributed by atoms with Crippen LogP contribution < -0.4 is 10.5 Å². The lowest BCUT2D eigenvalue weighted by atomic mass is 10.1. The SMILES string of the molecule is O=C([O-])CC/C(=N/Nc1ccccc1)c1ccccc1. The fourth-order valence-electron chi connectivity index (χ4n) is 1.76. The number of benzene rings is 2. The maximum Gasteiger partial charge on any atom is 0.0683 e. The maximum atomic E-state index is 10.6. The van der Waals surface area contributed by atoms with Crippen molar-refractivity contribution in [3.05, 3.63) is 66.2 Å². The molecular formula is C16H15N2O2-. The summed E-state index contributed by atoms with van der Waals surface area (Å²) < 4.78 is 0. The first-order valence-corrected chi connectivity index (χ1v) is 6.38. The second kappa shape index (κ2) is 7.09. The summed E-state index contributed by atoms with van der Waals surface area (Å²) in [4.78, 5) is 10.6. The highest BCUT2D eigenvalue weighted by Crippen LogP contribution is 2.09. The van der Waals surface area contributed by atoms with Crippen LogP contribution in [0.2, 0.25) is 0 Å². The molecule has 2 aromatic carbocycles. The van der Waals surface area contributed by atoms with Gasteiger partial charge in [-0.2, -0.15) is 5.10 Å². The van der Waals surface area contributed by atoms with Gasteiger partial charge in [-0.15, -0.1) is 0 Å². The van der Waals surface area contributed by atoms with Crippen LogP contribution in [0.15, 0.2) is 65.8 Å². The molecule has 0 spiro atoms. The Bertz CT molecular complexity index is 580. The van der Waals surface area contributed by atoms with E-state index in [0.717, 1.165) is 11.3 Å². The lowest BCUT2D eigenvalue weighted by Gasteiger charge is -2.08. The standard InChI is InChI=1S/C16H16N2O2/c19-16(20)12-11-15(13-7-3-1-4-8-13)18-17-14-9-5-2-6-10-14/h1-10,17H,11-12H2,(H,19,20)/p-1/b18-15-. The van der Waals surface area contributed by atoms with Gasteiger partial charge >= 0.3 is 0 Å². The molecule has 0 aliphatic heterocycles. The van der Waals surface area contributed by atoms with Gasteiger partial charge in [0.05, 0.1) is 11.4 Å². The minimum absolute atomic E-state index is 0.0514. The molecule has 0 saturated carbocycles. The quantitative estimate of drug-likeness (QED) is 0.643. The summed E-state index contributed by atoms with van der Waals surface area (Å²) in [5, 5.41) is 14.9. The zero-order chi connectivity index (χ0) is 14.2. The highest BCUT2D eigenvalue weighted by atomic mass is 16.4. The number of rotatable bonds is 6. The van der Waals surface area contributed by atoms with E-state index >= 15 is 0 Å². The van der Waals surface area contributed by atoms with Crippen LogP contribution in [0.4, 0.5) is 5.69 Å². The normalized spacial score (nSPS) is 11.1. The third-order valence-corrected chi connectivity index (χ3v) is 2.77. The molecule has 0 bridgehead atoms. The molecule has 0 saturated heterocycles. The first-order chi connectivity index (χ1) is 9.75. The fraction of sp³-hybridized carbons (Fsp3) is 0.125. The van der Waals surface area contributed by atoms with Crippen molar-refractivity contribution in [2.45, 2.75) is 12.8 Å². The Labute approximate surface area is 117 Å². The summed E-state index contributed by atoms with van der Waals surface area (Å²) >= 11 is 0. The molecule has 0 aliphatic carbocycles. The molecule has 2 rings (SSSR count). The molecule has 2 aromatic rings. The molecule has 0 heterocycles. The number of aliphatic carboxylic acids is 1. The molecule has 102 valence electrons. The third kappa shape index (κ3) is 4.24. The first kappa shape index (κ1) is 13.8. The summed E-state index contributed by atoms with van der Waals surface area (Å²) in [5.74, 6) is -1.08. The van der Waals surface area contributed by atoms with Crippen LogP contribution >= 0.6 is 0 Å². The van der Waals surface area contributed by atoms with E-state index in [1.54, 1.807) is 0 Å². The monoisotopic (exact) mass is 267 g/mol. The van der Waals surface area contributed by atoms with E-state index in [1.807, 2.05) is 60.7 Å². The van der Waals surface area contributed by atoms with Crippen molar-refractivity contribution in [1.29, 1.82) is 0 Å². The Morgan fingerprint density at radius 2 is 1.55 bits per heavy atom. The zero-order valence-electron chi connectivity index (χ0n) is 11.0. The summed E-state index contributed by atoms with van der Waals surface area (Å²) in [7, 11) is 0. The smallest absolute Gasteiger partial charge is 0.0683 e. The van der Waals surface area contributed by atoms with Gasteiger partial charge in [0, 0.05) is 5.97 Å². The van der Waals surface area contributed by atoms with Crippen molar-refractivity contribution in [3.63, 3.8) is 0 Å². The Kier molecular flexibility index (Phi) is 4.89. The third-order valence-electron chi connectivity index (χ3n) is 2.77. The summed E-state index contributed by atoms with van der Waals surface area (Å²) in [6.07, 6.45) is 0.274. The molecule has 0 aromatic heterocycles. The molecule has 0 aliphatic rings. The second-order valence-electron chi connectivity index (χ2n) is 4.27. The minimum atomic E-state index is -1.08. The van der Waals surface area contributed by atoms with E-state index in [2.05, 4.69) is 10.5 Å². The van der Waals surface area contributed by atoms with Crippen molar-refractivity contribution >= 4 is 17.4 Å². The van der Waals surface area contributed by atoms with Crippen molar-refractivity contribution in [3.8, 4) is 0 Å². The predicted octanol–water partition coefficient (Wildman–Crippen LogP) is 2.03. The van der Waals surface area contributed by atoms with Crippen LogP contribution in [0.25, 0.3) is 0 Å². The number of carbonyl (C=O) groups excluding carboxylic acids is 1. The predicted molar refractivity (Wildman–Crippen MR) is 77.3 cm³/mol. The molecular weight excluding hydrogens is 252 g/mol. The van der Waals surface area contributed by atoms with Crippen LogP contribution in [-0.4, -0.2) is 11.7 Å². The highest BCUT2D eigenvalue weighted by molar-refractivity contribution is 6.01. The summed E-state index contributed by atoms with van der Waals surface area (Å²) in [6.45, 7) is 0. The average molecular weight is 267 g/mol. The van der Waals surface area contributed by atoms with Crippen molar-refractivity contribution in [1.82, 2.24) is 0 Å². The Hall–Kier alpha value is -2.62. The molecule has 4 nitrogen and oxygen atoms in total. The number of nitrogens with zero attached hydrogens (tertiary/aromatic N) is 1. The molecule has 0 amide bonds. The van der Waals surface area contributed by atoms with Gasteiger partial charge in [-0.25, -0.2) is 0 Å². The van der Waals surface area contributed by atoms with Crippen molar-refractivity contribution in [2.75, 3.05) is 5.43 Å². The number of nitrogens with one attached hydrogen (secondary N) is 1. The molecule has 0 radical (unpaired) electrons. The zero-order valence-corrected chi connectivity index (χ0v) is 11.0. The van der Waals surface area contributed by atoms with Gasteiger partial charge in [-0.05, 0) is 30.5 Å². The van der Waals surface area contributed by atoms with Gasteiger partial charge in [-0.3, -0.25) is 5.43 Å². The second-order valence-corrected chi connectivity index (χ2v) is 4.27. The summed E-state index contributed by atoms with van der Waals surface area (Å²) in [5.41, 5.74) is 5.39. The van der Waals surface area contributed by atoms with Gasteiger partial charge in [0.25, 0.3) is 0 Å². The van der Waals surface area contributed by atoms with Crippen LogP contribution in [0.3, 0.4) is 0 Å². The highest BCUT2D eigenvalue weighted by Gasteiger charge is 2.03. The molecule has 4 heteroatoms. The molecule has 0 unspecified atom stereocenters. The van der Waals surface area contributed by atoms with Crippen LogP contribution in [0.1, 0.15) is 18.4 Å². The number of para-hydroxylation sites is 1. The topological polar surface area (TPSA) is 64.5 Å². The van der Waals surface area contributed by atoms with E-state index in [1.165, 1.54) is 0 Å². The van der Waals surface area contributed by atoms with E-state index in [-0.39, 0.29) is 6.42 Å². The Morgan fingerprint density at radius 1 is 0.950 bits per heavy atom. The number of carboxylic acids is 1. The van der Waals surface area contributed by atoms with Crippen molar-refractivity contribution in [2.24, 2.45) is 5.10 Å². The fourth-order valence-corrected chi connectivity index (χ4v) is 1.76. The number of hydrogen-bond acceptors (Lipinski definition) is 4. The summed E-state index contributed by atoms with van der Waals surface area (Å²) in [6, 6.07) is 19.0. The first-order valence-electron chi connectivity index (χ1n) is 6.38. The van der Waals surface area contributed by atoms with Gasteiger partial charge in [0.15, 0.2) is 0 Å². The average Bonchev–Trinajstić information content (AvgIpc) is 2.49. The molecule has 0 fully saturated rings. The number of hydrogen-bond donors (Lipinski definition) is 1. The van der Waals surface area contributed by atoms with Gasteiger partial charge in [-0.1, -0.05) is 48.5 Å². The van der Waals surface area contributed by atoms with Crippen LogP contribution in [0.5, 0.6) is 0 Å². The molecule has 1 N–H and O–H groups in total. The lowest BCUT2D eigenvalue weighted by Crippen LogP contribution is -2.23. The van der Waals surface area contributed by atoms with Gasteiger partial charge in [0.1, 0.15) is 0 Å². The van der Waals surface area contributed by atoms with E-state index in [4.69, 9.17) is 0 Å². The number of hydrazone groups is 1. The number of anilines is 1. The number of carboxylic acid groups (broad SMARTS) is 1. The minimum Gasteiger partial charge on any atom is -0.550 e. The van der Waals surface area contributed by atoms with Crippen LogP contribution in [0, 0.1) is 0 Å². The lowest BCUT2D eigenvalue weighted by molar-refractivity contribution is -0.305.